The number of nitrogens with one attached hydrogen (secondary N) is 1. The lowest BCUT2D eigenvalue weighted by Gasteiger charge is -2.10. The van der Waals surface area contributed by atoms with Crippen LogP contribution < -0.4 is 5.32 Å². The first kappa shape index (κ1) is 9.15. The van der Waals surface area contributed by atoms with E-state index in [0.717, 1.165) is 0 Å². The monoisotopic (exact) mass is 216 g/mol. The number of aromatic nitrogens is 1. The van der Waals surface area contributed by atoms with E-state index in [1.807, 2.05) is 12.1 Å². The molecule has 4 heteroatoms. The molecule has 16 heavy (non-hydrogen) atoms. The fraction of sp³-hybridized carbons (Fsp3) is 0.0833. The molecular formula is C12H9FN2O. The van der Waals surface area contributed by atoms with Gasteiger partial charge in [-0.15, -0.1) is 0 Å². The van der Waals surface area contributed by atoms with Crippen molar-refractivity contribution < 1.29 is 9.18 Å². The molecular weight excluding hydrogens is 207 g/mol. The topological polar surface area (TPSA) is 34.0 Å². The Balaban J connectivity index is 2.15. The molecule has 0 saturated heterocycles. The average Bonchev–Trinajstić information content (AvgIpc) is 2.83. The molecule has 1 unspecified atom stereocenters. The summed E-state index contributed by atoms with van der Waals surface area (Å²) in [5.74, 6) is -0.454. The summed E-state index contributed by atoms with van der Waals surface area (Å²) in [6.45, 7) is 0. The summed E-state index contributed by atoms with van der Waals surface area (Å²) in [6, 6.07) is 7.55. The molecule has 1 N–H and O–H groups in total. The van der Waals surface area contributed by atoms with E-state index in [-0.39, 0.29) is 11.7 Å². The van der Waals surface area contributed by atoms with Crippen molar-refractivity contribution in [1.82, 2.24) is 4.57 Å². The van der Waals surface area contributed by atoms with Crippen molar-refractivity contribution >= 4 is 11.6 Å². The summed E-state index contributed by atoms with van der Waals surface area (Å²) in [4.78, 5) is 11.8. The lowest BCUT2D eigenvalue weighted by Crippen LogP contribution is -2.18. The fourth-order valence-corrected chi connectivity index (χ4v) is 2.03. The van der Waals surface area contributed by atoms with E-state index in [2.05, 4.69) is 5.32 Å². The van der Waals surface area contributed by atoms with Crippen LogP contribution in [-0.2, 0) is 4.79 Å². The van der Waals surface area contributed by atoms with Crippen LogP contribution in [0.2, 0.25) is 0 Å². The zero-order valence-corrected chi connectivity index (χ0v) is 8.35. The lowest BCUT2D eigenvalue weighted by molar-refractivity contribution is -0.117. The molecule has 0 saturated carbocycles. The molecule has 1 aliphatic rings. The van der Waals surface area contributed by atoms with Crippen LogP contribution in [0.4, 0.5) is 10.1 Å². The first-order valence-corrected chi connectivity index (χ1v) is 4.98. The second-order valence-corrected chi connectivity index (χ2v) is 3.75. The van der Waals surface area contributed by atoms with E-state index in [4.69, 9.17) is 0 Å². The molecule has 0 radical (unpaired) electrons. The van der Waals surface area contributed by atoms with Gasteiger partial charge in [-0.1, -0.05) is 0 Å². The van der Waals surface area contributed by atoms with Gasteiger partial charge in [-0.05, 0) is 30.3 Å². The summed E-state index contributed by atoms with van der Waals surface area (Å²) >= 11 is 0. The molecule has 0 bridgehead atoms. The van der Waals surface area contributed by atoms with Crippen LogP contribution in [0.1, 0.15) is 11.6 Å². The van der Waals surface area contributed by atoms with Gasteiger partial charge in [0.15, 0.2) is 0 Å². The Kier molecular flexibility index (Phi) is 1.83. The van der Waals surface area contributed by atoms with Gasteiger partial charge in [-0.25, -0.2) is 4.39 Å². The van der Waals surface area contributed by atoms with Crippen LogP contribution in [0.3, 0.4) is 0 Å². The fourth-order valence-electron chi connectivity index (χ4n) is 2.03. The van der Waals surface area contributed by atoms with Crippen molar-refractivity contribution in [3.63, 3.8) is 0 Å². The van der Waals surface area contributed by atoms with E-state index in [9.17, 15) is 9.18 Å². The highest BCUT2D eigenvalue weighted by atomic mass is 19.1. The van der Waals surface area contributed by atoms with E-state index >= 15 is 0 Å². The van der Waals surface area contributed by atoms with Crippen molar-refractivity contribution in [2.24, 2.45) is 0 Å². The first-order chi connectivity index (χ1) is 7.75. The smallest absolute Gasteiger partial charge is 0.252 e. The zero-order valence-electron chi connectivity index (χ0n) is 8.35. The Bertz CT molecular complexity index is 548. The maximum Gasteiger partial charge on any atom is 0.252 e. The van der Waals surface area contributed by atoms with Crippen LogP contribution in [0.15, 0.2) is 42.7 Å². The third-order valence-corrected chi connectivity index (χ3v) is 2.74. The predicted octanol–water partition coefficient (Wildman–Crippen LogP) is 2.17. The number of halogens is 1. The normalized spacial score (nSPS) is 18.3. The highest BCUT2D eigenvalue weighted by molar-refractivity contribution is 6.02. The zero-order chi connectivity index (χ0) is 11.1. The first-order valence-electron chi connectivity index (χ1n) is 4.98. The maximum atomic E-state index is 13.2. The number of hydrogen-bond donors (Lipinski definition) is 1. The Morgan fingerprint density at radius 2 is 2.00 bits per heavy atom. The Hall–Kier alpha value is -2.10. The van der Waals surface area contributed by atoms with Gasteiger partial charge in [0.25, 0.3) is 5.91 Å². The summed E-state index contributed by atoms with van der Waals surface area (Å²) in [7, 11) is 0. The second kappa shape index (κ2) is 3.20. The molecule has 2 heterocycles. The molecule has 80 valence electrons. The number of nitrogens with zero attached hydrogens (tertiary/aromatic N) is 1. The van der Waals surface area contributed by atoms with Crippen LogP contribution >= 0.6 is 0 Å². The summed E-state index contributed by atoms with van der Waals surface area (Å²) in [5, 5.41) is 2.74. The van der Waals surface area contributed by atoms with Gasteiger partial charge in [0.05, 0.1) is 0 Å². The summed E-state index contributed by atoms with van der Waals surface area (Å²) in [5.41, 5.74) is 1.37. The largest absolute Gasteiger partial charge is 0.338 e. The van der Waals surface area contributed by atoms with Gasteiger partial charge < -0.3 is 9.88 Å². The SMILES string of the molecule is O=C1Nc2ccc(F)cc2C1n1cccc1. The van der Waals surface area contributed by atoms with E-state index < -0.39 is 6.04 Å². The van der Waals surface area contributed by atoms with Gasteiger partial charge in [0, 0.05) is 23.6 Å². The highest BCUT2D eigenvalue weighted by Crippen LogP contribution is 2.33. The third kappa shape index (κ3) is 1.23. The second-order valence-electron chi connectivity index (χ2n) is 3.75. The number of carbonyl (C=O) groups excluding carboxylic acids is 1. The molecule has 0 aliphatic carbocycles. The van der Waals surface area contributed by atoms with Gasteiger partial charge in [-0.2, -0.15) is 0 Å². The number of rotatable bonds is 1. The number of benzene rings is 1. The van der Waals surface area contributed by atoms with Gasteiger partial charge in [-0.3, -0.25) is 4.79 Å². The minimum Gasteiger partial charge on any atom is -0.338 e. The van der Waals surface area contributed by atoms with Crippen molar-refractivity contribution in [3.05, 3.63) is 54.1 Å². The molecule has 2 aromatic rings. The van der Waals surface area contributed by atoms with Crippen LogP contribution in [0, 0.1) is 5.82 Å². The van der Waals surface area contributed by atoms with E-state index in [0.29, 0.717) is 11.3 Å². The van der Waals surface area contributed by atoms with Crippen LogP contribution in [0.25, 0.3) is 0 Å². The molecule has 1 atom stereocenters. The van der Waals surface area contributed by atoms with Gasteiger partial charge in [0.2, 0.25) is 0 Å². The van der Waals surface area contributed by atoms with E-state index in [1.165, 1.54) is 12.1 Å². The number of anilines is 1. The minimum atomic E-state index is -0.458. The van der Waals surface area contributed by atoms with Crippen LogP contribution in [0.5, 0.6) is 0 Å². The summed E-state index contributed by atoms with van der Waals surface area (Å²) in [6.07, 6.45) is 3.59. The lowest BCUT2D eigenvalue weighted by atomic mass is 10.1. The molecule has 3 rings (SSSR count). The number of amides is 1. The Labute approximate surface area is 91.5 Å². The van der Waals surface area contributed by atoms with Crippen LogP contribution in [-0.4, -0.2) is 10.5 Å². The Morgan fingerprint density at radius 1 is 1.25 bits per heavy atom. The van der Waals surface area contributed by atoms with Crippen molar-refractivity contribution in [1.29, 1.82) is 0 Å². The van der Waals surface area contributed by atoms with Crippen molar-refractivity contribution in [2.75, 3.05) is 5.32 Å². The standard InChI is InChI=1S/C12H9FN2O/c13-8-3-4-10-9(7-8)11(12(16)14-10)15-5-1-2-6-15/h1-7,11H,(H,14,16). The number of carbonyl (C=O) groups is 1. The average molecular weight is 216 g/mol. The minimum absolute atomic E-state index is 0.128. The van der Waals surface area contributed by atoms with Crippen molar-refractivity contribution in [3.8, 4) is 0 Å². The Morgan fingerprint density at radius 3 is 2.75 bits per heavy atom. The molecule has 0 fully saturated rings. The molecule has 0 spiro atoms. The van der Waals surface area contributed by atoms with E-state index in [1.54, 1.807) is 23.0 Å². The summed E-state index contributed by atoms with van der Waals surface area (Å²) < 4.78 is 14.9. The van der Waals surface area contributed by atoms with Crippen molar-refractivity contribution in [2.45, 2.75) is 6.04 Å². The quantitative estimate of drug-likeness (QED) is 0.778. The molecule has 1 aliphatic heterocycles. The molecule has 1 amide bonds. The van der Waals surface area contributed by atoms with Gasteiger partial charge >= 0.3 is 0 Å². The number of hydrogen-bond acceptors (Lipinski definition) is 1. The maximum absolute atomic E-state index is 13.2. The molecule has 1 aromatic carbocycles. The third-order valence-electron chi connectivity index (χ3n) is 2.74. The highest BCUT2D eigenvalue weighted by Gasteiger charge is 2.31. The number of fused-ring (bicyclic) bond motifs is 1. The molecule has 1 aromatic heterocycles. The van der Waals surface area contributed by atoms with Gasteiger partial charge in [0.1, 0.15) is 11.9 Å². The molecule has 3 nitrogen and oxygen atoms in total. The predicted molar refractivity (Wildman–Crippen MR) is 57.6 cm³/mol.